The van der Waals surface area contributed by atoms with Crippen molar-refractivity contribution in [3.8, 4) is 5.75 Å². The second-order valence-corrected chi connectivity index (χ2v) is 7.81. The summed E-state index contributed by atoms with van der Waals surface area (Å²) in [5.41, 5.74) is 3.02. The van der Waals surface area contributed by atoms with E-state index >= 15 is 0 Å². The Morgan fingerprint density at radius 3 is 2.34 bits per heavy atom. The van der Waals surface area contributed by atoms with E-state index < -0.39 is 0 Å². The van der Waals surface area contributed by atoms with E-state index in [-0.39, 0.29) is 24.5 Å². The topological polar surface area (TPSA) is 58.6 Å². The average molecular weight is 395 g/mol. The van der Waals surface area contributed by atoms with E-state index in [1.54, 1.807) is 12.1 Å². The van der Waals surface area contributed by atoms with Crippen LogP contribution in [-0.2, 0) is 4.79 Å². The van der Waals surface area contributed by atoms with Gasteiger partial charge in [-0.15, -0.1) is 0 Å². The van der Waals surface area contributed by atoms with Crippen molar-refractivity contribution in [3.63, 3.8) is 0 Å². The van der Waals surface area contributed by atoms with E-state index in [1.165, 1.54) is 6.42 Å². The van der Waals surface area contributed by atoms with Crippen molar-refractivity contribution in [1.82, 2.24) is 4.90 Å². The number of aryl methyl sites for hydroxylation is 2. The zero-order valence-electron chi connectivity index (χ0n) is 17.5. The van der Waals surface area contributed by atoms with Crippen molar-refractivity contribution in [2.75, 3.05) is 19.0 Å². The highest BCUT2D eigenvalue weighted by Gasteiger charge is 2.24. The molecule has 0 heterocycles. The van der Waals surface area contributed by atoms with Crippen molar-refractivity contribution >= 4 is 17.5 Å². The Hall–Kier alpha value is -2.82. The number of carbonyl (C=O) groups excluding carboxylic acids is 2. The molecule has 154 valence electrons. The largest absolute Gasteiger partial charge is 0.483 e. The van der Waals surface area contributed by atoms with Crippen LogP contribution in [0.1, 0.15) is 53.6 Å². The number of para-hydroxylation sites is 2. The summed E-state index contributed by atoms with van der Waals surface area (Å²) in [4.78, 5) is 27.4. The van der Waals surface area contributed by atoms with E-state index in [0.717, 1.165) is 42.6 Å². The Morgan fingerprint density at radius 2 is 1.66 bits per heavy atom. The van der Waals surface area contributed by atoms with Crippen molar-refractivity contribution in [2.24, 2.45) is 0 Å². The third-order valence-electron chi connectivity index (χ3n) is 5.63. The fourth-order valence-electron chi connectivity index (χ4n) is 3.95. The molecule has 0 saturated heterocycles. The molecule has 29 heavy (non-hydrogen) atoms. The third-order valence-corrected chi connectivity index (χ3v) is 5.63. The molecule has 3 rings (SSSR count). The number of nitrogens with zero attached hydrogens (tertiary/aromatic N) is 1. The maximum absolute atomic E-state index is 13.1. The number of carbonyl (C=O) groups is 2. The number of ether oxygens (including phenoxy) is 1. The molecule has 1 saturated carbocycles. The van der Waals surface area contributed by atoms with Crippen LogP contribution >= 0.6 is 0 Å². The standard InChI is InChI=1S/C24H30N2O3/c1-17-10-9-11-18(2)23(17)29-16-22(27)25-21-15-8-7-14-20(21)24(28)26(3)19-12-5-4-6-13-19/h7-11,14-15,19H,4-6,12-13,16H2,1-3H3,(H,25,27). The molecule has 0 bridgehead atoms. The second-order valence-electron chi connectivity index (χ2n) is 7.81. The van der Waals surface area contributed by atoms with Crippen LogP contribution in [0.3, 0.4) is 0 Å². The number of amides is 2. The van der Waals surface area contributed by atoms with E-state index in [1.807, 2.05) is 56.1 Å². The van der Waals surface area contributed by atoms with Gasteiger partial charge in [0.2, 0.25) is 0 Å². The Labute approximate surface area is 173 Å². The van der Waals surface area contributed by atoms with Crippen LogP contribution < -0.4 is 10.1 Å². The Kier molecular flexibility index (Phi) is 6.91. The first-order chi connectivity index (χ1) is 14.0. The van der Waals surface area contributed by atoms with E-state index in [0.29, 0.717) is 11.3 Å². The molecule has 2 aromatic rings. The van der Waals surface area contributed by atoms with Crippen LogP contribution in [0.25, 0.3) is 0 Å². The average Bonchev–Trinajstić information content (AvgIpc) is 2.73. The zero-order valence-corrected chi connectivity index (χ0v) is 17.5. The van der Waals surface area contributed by atoms with Gasteiger partial charge in [0.1, 0.15) is 5.75 Å². The predicted octanol–water partition coefficient (Wildman–Crippen LogP) is 4.73. The summed E-state index contributed by atoms with van der Waals surface area (Å²) < 4.78 is 5.74. The number of nitrogens with one attached hydrogen (secondary N) is 1. The molecule has 0 radical (unpaired) electrons. The van der Waals surface area contributed by atoms with Gasteiger partial charge in [0.25, 0.3) is 11.8 Å². The van der Waals surface area contributed by atoms with Gasteiger partial charge < -0.3 is 15.0 Å². The molecule has 0 atom stereocenters. The molecule has 2 amide bonds. The zero-order chi connectivity index (χ0) is 20.8. The maximum Gasteiger partial charge on any atom is 0.262 e. The first kappa shape index (κ1) is 20.9. The smallest absolute Gasteiger partial charge is 0.262 e. The van der Waals surface area contributed by atoms with Crippen molar-refractivity contribution in [1.29, 1.82) is 0 Å². The molecule has 0 aliphatic heterocycles. The normalized spacial score (nSPS) is 14.3. The van der Waals surface area contributed by atoms with Gasteiger partial charge >= 0.3 is 0 Å². The number of rotatable bonds is 6. The summed E-state index contributed by atoms with van der Waals surface area (Å²) in [6.07, 6.45) is 5.65. The lowest BCUT2D eigenvalue weighted by Gasteiger charge is -2.31. The Bertz CT molecular complexity index is 852. The molecular weight excluding hydrogens is 364 g/mol. The summed E-state index contributed by atoms with van der Waals surface area (Å²) in [6, 6.07) is 13.3. The van der Waals surface area contributed by atoms with Gasteiger partial charge in [-0.25, -0.2) is 0 Å². The van der Waals surface area contributed by atoms with Crippen LogP contribution in [-0.4, -0.2) is 36.4 Å². The first-order valence-corrected chi connectivity index (χ1v) is 10.3. The highest BCUT2D eigenvalue weighted by Crippen LogP contribution is 2.25. The molecule has 0 aromatic heterocycles. The Morgan fingerprint density at radius 1 is 1.00 bits per heavy atom. The summed E-state index contributed by atoms with van der Waals surface area (Å²) in [7, 11) is 1.86. The van der Waals surface area contributed by atoms with Gasteiger partial charge in [-0.2, -0.15) is 0 Å². The maximum atomic E-state index is 13.1. The fraction of sp³-hybridized carbons (Fsp3) is 0.417. The van der Waals surface area contributed by atoms with Crippen molar-refractivity contribution in [3.05, 3.63) is 59.2 Å². The van der Waals surface area contributed by atoms with Gasteiger partial charge in [-0.1, -0.05) is 49.6 Å². The van der Waals surface area contributed by atoms with Crippen LogP contribution in [0.5, 0.6) is 5.75 Å². The number of hydrogen-bond donors (Lipinski definition) is 1. The predicted molar refractivity (Wildman–Crippen MR) is 115 cm³/mol. The number of anilines is 1. The molecule has 0 spiro atoms. The molecule has 1 N–H and O–H groups in total. The summed E-state index contributed by atoms with van der Waals surface area (Å²) in [6.45, 7) is 3.80. The van der Waals surface area contributed by atoms with Gasteiger partial charge in [-0.05, 0) is 49.9 Å². The minimum atomic E-state index is -0.284. The summed E-state index contributed by atoms with van der Waals surface area (Å²) >= 11 is 0. The van der Waals surface area contributed by atoms with Crippen LogP contribution in [0.15, 0.2) is 42.5 Å². The molecule has 5 heteroatoms. The third kappa shape index (κ3) is 5.17. The van der Waals surface area contributed by atoms with Gasteiger partial charge in [0, 0.05) is 13.1 Å². The summed E-state index contributed by atoms with van der Waals surface area (Å²) in [5.74, 6) is 0.390. The molecule has 1 aliphatic carbocycles. The minimum absolute atomic E-state index is 0.0523. The number of hydrogen-bond acceptors (Lipinski definition) is 3. The molecule has 1 fully saturated rings. The second kappa shape index (κ2) is 9.59. The first-order valence-electron chi connectivity index (χ1n) is 10.3. The van der Waals surface area contributed by atoms with Crippen LogP contribution in [0.2, 0.25) is 0 Å². The fourth-order valence-corrected chi connectivity index (χ4v) is 3.95. The summed E-state index contributed by atoms with van der Waals surface area (Å²) in [5, 5.41) is 2.85. The van der Waals surface area contributed by atoms with Gasteiger partial charge in [-0.3, -0.25) is 9.59 Å². The molecule has 5 nitrogen and oxygen atoms in total. The highest BCUT2D eigenvalue weighted by atomic mass is 16.5. The SMILES string of the molecule is Cc1cccc(C)c1OCC(=O)Nc1ccccc1C(=O)N(C)C1CCCCC1. The van der Waals surface area contributed by atoms with Crippen molar-refractivity contribution < 1.29 is 14.3 Å². The van der Waals surface area contributed by atoms with E-state index in [9.17, 15) is 9.59 Å². The lowest BCUT2D eigenvalue weighted by atomic mass is 9.94. The van der Waals surface area contributed by atoms with Crippen molar-refractivity contribution in [2.45, 2.75) is 52.0 Å². The number of benzene rings is 2. The minimum Gasteiger partial charge on any atom is -0.483 e. The molecule has 2 aromatic carbocycles. The van der Waals surface area contributed by atoms with Crippen LogP contribution in [0, 0.1) is 13.8 Å². The molecule has 1 aliphatic rings. The van der Waals surface area contributed by atoms with E-state index in [2.05, 4.69) is 5.32 Å². The Balaban J connectivity index is 1.66. The molecular formula is C24H30N2O3. The highest BCUT2D eigenvalue weighted by molar-refractivity contribution is 6.04. The van der Waals surface area contributed by atoms with Crippen LogP contribution in [0.4, 0.5) is 5.69 Å². The van der Waals surface area contributed by atoms with Gasteiger partial charge in [0.15, 0.2) is 6.61 Å². The van der Waals surface area contributed by atoms with Gasteiger partial charge in [0.05, 0.1) is 11.3 Å². The quantitative estimate of drug-likeness (QED) is 0.771. The lowest BCUT2D eigenvalue weighted by Crippen LogP contribution is -2.38. The monoisotopic (exact) mass is 394 g/mol. The van der Waals surface area contributed by atoms with E-state index in [4.69, 9.17) is 4.74 Å². The molecule has 0 unspecified atom stereocenters. The lowest BCUT2D eigenvalue weighted by molar-refractivity contribution is -0.118.